The number of anilines is 2. The van der Waals surface area contributed by atoms with E-state index in [2.05, 4.69) is 10.3 Å². The summed E-state index contributed by atoms with van der Waals surface area (Å²) in [6.45, 7) is 0. The predicted octanol–water partition coefficient (Wildman–Crippen LogP) is 5.40. The topological polar surface area (TPSA) is 41.5 Å². The molecule has 0 aliphatic heterocycles. The molecule has 0 spiro atoms. The first kappa shape index (κ1) is 16.0. The molecule has 0 saturated heterocycles. The number of nitrogens with zero attached hydrogens (tertiary/aromatic N) is 1. The molecule has 0 radical (unpaired) electrons. The summed E-state index contributed by atoms with van der Waals surface area (Å²) in [5.74, 6) is 0. The number of nitrogens with one attached hydrogen (secondary N) is 1. The highest BCUT2D eigenvalue weighted by Gasteiger charge is 2.09. The van der Waals surface area contributed by atoms with Crippen molar-refractivity contribution in [2.24, 2.45) is 4.99 Å². The SMILES string of the molecule is O=C/C(=N\c1ccc(Cl)cc1)c1ccccc1Nc1ccccc1. The van der Waals surface area contributed by atoms with E-state index in [1.54, 1.807) is 24.3 Å². The van der Waals surface area contributed by atoms with Gasteiger partial charge in [-0.25, -0.2) is 4.99 Å². The van der Waals surface area contributed by atoms with E-state index in [-0.39, 0.29) is 0 Å². The average molecular weight is 335 g/mol. The van der Waals surface area contributed by atoms with Crippen LogP contribution in [0.4, 0.5) is 17.1 Å². The van der Waals surface area contributed by atoms with Crippen molar-refractivity contribution >= 4 is 40.7 Å². The van der Waals surface area contributed by atoms with Crippen molar-refractivity contribution in [1.29, 1.82) is 0 Å². The number of halogens is 1. The molecule has 3 aromatic carbocycles. The van der Waals surface area contributed by atoms with E-state index in [4.69, 9.17) is 11.6 Å². The quantitative estimate of drug-likeness (QED) is 0.501. The fourth-order valence-corrected chi connectivity index (χ4v) is 2.42. The fourth-order valence-electron chi connectivity index (χ4n) is 2.30. The highest BCUT2D eigenvalue weighted by molar-refractivity contribution is 6.38. The maximum atomic E-state index is 11.6. The van der Waals surface area contributed by atoms with E-state index >= 15 is 0 Å². The van der Waals surface area contributed by atoms with Crippen molar-refractivity contribution in [3.8, 4) is 0 Å². The molecule has 0 bridgehead atoms. The number of benzene rings is 3. The van der Waals surface area contributed by atoms with Gasteiger partial charge in [0.05, 0.1) is 5.69 Å². The normalized spacial score (nSPS) is 11.1. The molecule has 3 aromatic rings. The molecular formula is C20H15ClN2O. The second-order valence-corrected chi connectivity index (χ2v) is 5.56. The van der Waals surface area contributed by atoms with Crippen molar-refractivity contribution < 1.29 is 4.79 Å². The molecule has 0 amide bonds. The van der Waals surface area contributed by atoms with Crippen LogP contribution in [0.3, 0.4) is 0 Å². The minimum absolute atomic E-state index is 0.358. The molecule has 0 atom stereocenters. The standard InChI is InChI=1S/C20H15ClN2O/c21-15-10-12-17(13-11-15)23-20(14-24)18-8-4-5-9-19(18)22-16-6-2-1-3-7-16/h1-14,22H/b23-20+. The Kier molecular flexibility index (Phi) is 5.04. The Balaban J connectivity index is 1.97. The first-order valence-corrected chi connectivity index (χ1v) is 7.85. The smallest absolute Gasteiger partial charge is 0.169 e. The molecule has 1 N–H and O–H groups in total. The molecule has 0 aliphatic carbocycles. The minimum Gasteiger partial charge on any atom is -0.355 e. The summed E-state index contributed by atoms with van der Waals surface area (Å²) in [4.78, 5) is 16.0. The summed E-state index contributed by atoms with van der Waals surface area (Å²) in [7, 11) is 0. The molecule has 3 rings (SSSR count). The van der Waals surface area contributed by atoms with E-state index in [1.807, 2.05) is 54.6 Å². The van der Waals surface area contributed by atoms with Crippen LogP contribution in [-0.2, 0) is 4.79 Å². The van der Waals surface area contributed by atoms with Gasteiger partial charge in [0, 0.05) is 22.0 Å². The molecule has 0 unspecified atom stereocenters. The number of carbonyl (C=O) groups is 1. The van der Waals surface area contributed by atoms with Crippen LogP contribution in [0.5, 0.6) is 0 Å². The van der Waals surface area contributed by atoms with Crippen LogP contribution in [0.15, 0.2) is 83.9 Å². The Bertz CT molecular complexity index is 858. The van der Waals surface area contributed by atoms with Crippen LogP contribution in [0.2, 0.25) is 5.02 Å². The summed E-state index contributed by atoms with van der Waals surface area (Å²) in [6.07, 6.45) is 0.764. The lowest BCUT2D eigenvalue weighted by atomic mass is 10.1. The third kappa shape index (κ3) is 3.89. The molecule has 0 heterocycles. The van der Waals surface area contributed by atoms with Gasteiger partial charge >= 0.3 is 0 Å². The van der Waals surface area contributed by atoms with Gasteiger partial charge in [-0.3, -0.25) is 4.79 Å². The molecule has 4 heteroatoms. The summed E-state index contributed by atoms with van der Waals surface area (Å²) in [5, 5.41) is 3.95. The lowest BCUT2D eigenvalue weighted by Crippen LogP contribution is -2.06. The highest BCUT2D eigenvalue weighted by Crippen LogP contribution is 2.23. The van der Waals surface area contributed by atoms with Crippen molar-refractivity contribution in [3.63, 3.8) is 0 Å². The summed E-state index contributed by atoms with van der Waals surface area (Å²) in [6, 6.07) is 24.4. The molecular weight excluding hydrogens is 320 g/mol. The van der Waals surface area contributed by atoms with Crippen LogP contribution in [0.25, 0.3) is 0 Å². The molecule has 24 heavy (non-hydrogen) atoms. The van der Waals surface area contributed by atoms with Gasteiger partial charge in [-0.1, -0.05) is 48.0 Å². The van der Waals surface area contributed by atoms with E-state index in [1.165, 1.54) is 0 Å². The average Bonchev–Trinajstić information content (AvgIpc) is 2.63. The van der Waals surface area contributed by atoms with E-state index in [0.29, 0.717) is 16.4 Å². The Morgan fingerprint density at radius 1 is 0.875 bits per heavy atom. The minimum atomic E-state index is 0.358. The Morgan fingerprint density at radius 2 is 1.54 bits per heavy atom. The number of rotatable bonds is 5. The van der Waals surface area contributed by atoms with Crippen molar-refractivity contribution in [2.45, 2.75) is 0 Å². The maximum Gasteiger partial charge on any atom is 0.169 e. The predicted molar refractivity (Wildman–Crippen MR) is 99.9 cm³/mol. The van der Waals surface area contributed by atoms with Gasteiger partial charge in [-0.2, -0.15) is 0 Å². The van der Waals surface area contributed by atoms with Crippen LogP contribution < -0.4 is 5.32 Å². The third-order valence-electron chi connectivity index (χ3n) is 3.44. The number of hydrogen-bond donors (Lipinski definition) is 1. The largest absolute Gasteiger partial charge is 0.355 e. The van der Waals surface area contributed by atoms with E-state index in [0.717, 1.165) is 23.2 Å². The molecule has 0 aliphatic rings. The zero-order chi connectivity index (χ0) is 16.8. The Hall–Kier alpha value is -2.91. The van der Waals surface area contributed by atoms with E-state index < -0.39 is 0 Å². The van der Waals surface area contributed by atoms with Crippen LogP contribution in [0.1, 0.15) is 5.56 Å². The first-order chi connectivity index (χ1) is 11.8. The number of aldehydes is 1. The highest BCUT2D eigenvalue weighted by atomic mass is 35.5. The third-order valence-corrected chi connectivity index (χ3v) is 3.70. The molecule has 0 fully saturated rings. The summed E-state index contributed by atoms with van der Waals surface area (Å²) >= 11 is 5.89. The lowest BCUT2D eigenvalue weighted by Gasteiger charge is -2.11. The molecule has 118 valence electrons. The van der Waals surface area contributed by atoms with Gasteiger partial charge in [0.2, 0.25) is 0 Å². The zero-order valence-corrected chi connectivity index (χ0v) is 13.6. The number of aliphatic imine (C=N–C) groups is 1. The Labute approximate surface area is 145 Å². The van der Waals surface area contributed by atoms with Gasteiger partial charge in [-0.05, 0) is 42.5 Å². The molecule has 0 saturated carbocycles. The second kappa shape index (κ2) is 7.57. The van der Waals surface area contributed by atoms with E-state index in [9.17, 15) is 4.79 Å². The van der Waals surface area contributed by atoms with Gasteiger partial charge in [-0.15, -0.1) is 0 Å². The number of hydrogen-bond acceptors (Lipinski definition) is 3. The van der Waals surface area contributed by atoms with Gasteiger partial charge < -0.3 is 5.32 Å². The maximum absolute atomic E-state index is 11.6. The van der Waals surface area contributed by atoms with Crippen LogP contribution in [0, 0.1) is 0 Å². The fraction of sp³-hybridized carbons (Fsp3) is 0. The van der Waals surface area contributed by atoms with Gasteiger partial charge in [0.1, 0.15) is 5.71 Å². The first-order valence-electron chi connectivity index (χ1n) is 7.47. The lowest BCUT2D eigenvalue weighted by molar-refractivity contribution is -0.102. The molecule has 0 aromatic heterocycles. The van der Waals surface area contributed by atoms with Gasteiger partial charge in [0.15, 0.2) is 6.29 Å². The zero-order valence-electron chi connectivity index (χ0n) is 12.8. The van der Waals surface area contributed by atoms with Crippen molar-refractivity contribution in [3.05, 3.63) is 89.4 Å². The van der Waals surface area contributed by atoms with Crippen LogP contribution in [-0.4, -0.2) is 12.0 Å². The van der Waals surface area contributed by atoms with Crippen molar-refractivity contribution in [2.75, 3.05) is 5.32 Å². The molecule has 3 nitrogen and oxygen atoms in total. The second-order valence-electron chi connectivity index (χ2n) is 5.13. The Morgan fingerprint density at radius 3 is 2.25 bits per heavy atom. The van der Waals surface area contributed by atoms with Crippen molar-refractivity contribution in [1.82, 2.24) is 0 Å². The monoisotopic (exact) mass is 334 g/mol. The number of carbonyl (C=O) groups excluding carboxylic acids is 1. The summed E-state index contributed by atoms with van der Waals surface area (Å²) < 4.78 is 0. The summed E-state index contributed by atoms with van der Waals surface area (Å²) in [5.41, 5.74) is 3.55. The van der Waals surface area contributed by atoms with Crippen LogP contribution >= 0.6 is 11.6 Å². The van der Waals surface area contributed by atoms with Gasteiger partial charge in [0.25, 0.3) is 0 Å². The number of para-hydroxylation sites is 2.